The second-order valence-corrected chi connectivity index (χ2v) is 6.65. The molecular formula is C19H24F2O. The van der Waals surface area contributed by atoms with Crippen LogP contribution in [-0.2, 0) is 0 Å². The fourth-order valence-corrected chi connectivity index (χ4v) is 3.56. The van der Waals surface area contributed by atoms with Gasteiger partial charge in [-0.2, -0.15) is 4.39 Å². The van der Waals surface area contributed by atoms with Gasteiger partial charge in [-0.25, -0.2) is 4.39 Å². The van der Waals surface area contributed by atoms with E-state index in [0.29, 0.717) is 24.0 Å². The monoisotopic (exact) mass is 306 g/mol. The summed E-state index contributed by atoms with van der Waals surface area (Å²) < 4.78 is 33.7. The van der Waals surface area contributed by atoms with E-state index in [9.17, 15) is 8.78 Å². The smallest absolute Gasteiger partial charge is 0.201 e. The Balaban J connectivity index is 1.64. The minimum Gasteiger partial charge on any atom is -0.490 e. The summed E-state index contributed by atoms with van der Waals surface area (Å²) in [5.41, 5.74) is 0.317. The van der Waals surface area contributed by atoms with Crippen LogP contribution in [0.1, 0.15) is 56.9 Å². The topological polar surface area (TPSA) is 9.23 Å². The van der Waals surface area contributed by atoms with Gasteiger partial charge in [-0.15, -0.1) is 0 Å². The van der Waals surface area contributed by atoms with Crippen LogP contribution in [0.25, 0.3) is 6.08 Å². The zero-order valence-corrected chi connectivity index (χ0v) is 13.0. The maximum absolute atomic E-state index is 14.1. The molecule has 2 fully saturated rings. The minimum atomic E-state index is -0.855. The lowest BCUT2D eigenvalue weighted by Gasteiger charge is -2.13. The van der Waals surface area contributed by atoms with E-state index in [-0.39, 0.29) is 5.75 Å². The summed E-state index contributed by atoms with van der Waals surface area (Å²) in [5.74, 6) is -0.600. The predicted molar refractivity (Wildman–Crippen MR) is 84.8 cm³/mol. The van der Waals surface area contributed by atoms with Gasteiger partial charge in [0.05, 0.1) is 6.61 Å². The summed E-state index contributed by atoms with van der Waals surface area (Å²) >= 11 is 0. The minimum absolute atomic E-state index is 0.0439. The van der Waals surface area contributed by atoms with Crippen LogP contribution in [0.5, 0.6) is 5.75 Å². The lowest BCUT2D eigenvalue weighted by Crippen LogP contribution is -2.09. The van der Waals surface area contributed by atoms with Crippen LogP contribution in [0.4, 0.5) is 8.78 Å². The van der Waals surface area contributed by atoms with Crippen molar-refractivity contribution in [2.75, 3.05) is 6.61 Å². The summed E-state index contributed by atoms with van der Waals surface area (Å²) in [7, 11) is 0. The molecule has 0 bridgehead atoms. The molecule has 3 heteroatoms. The molecule has 0 aliphatic heterocycles. The van der Waals surface area contributed by atoms with Gasteiger partial charge in [-0.3, -0.25) is 0 Å². The van der Waals surface area contributed by atoms with Gasteiger partial charge in [-0.1, -0.05) is 37.8 Å². The third kappa shape index (κ3) is 3.68. The molecule has 120 valence electrons. The Morgan fingerprint density at radius 3 is 2.36 bits per heavy atom. The van der Waals surface area contributed by atoms with Crippen LogP contribution < -0.4 is 4.74 Å². The van der Waals surface area contributed by atoms with E-state index in [4.69, 9.17) is 4.74 Å². The van der Waals surface area contributed by atoms with Gasteiger partial charge >= 0.3 is 0 Å². The molecule has 2 aliphatic carbocycles. The van der Waals surface area contributed by atoms with Gasteiger partial charge in [0.15, 0.2) is 11.6 Å². The van der Waals surface area contributed by atoms with E-state index in [2.05, 4.69) is 0 Å². The van der Waals surface area contributed by atoms with Crippen LogP contribution in [0, 0.1) is 23.5 Å². The van der Waals surface area contributed by atoms with Crippen molar-refractivity contribution < 1.29 is 13.5 Å². The van der Waals surface area contributed by atoms with Crippen molar-refractivity contribution in [3.8, 4) is 5.75 Å². The molecule has 1 nitrogen and oxygen atoms in total. The first-order valence-electron chi connectivity index (χ1n) is 8.53. The number of rotatable bonds is 5. The third-order valence-electron chi connectivity index (χ3n) is 4.97. The molecule has 0 spiro atoms. The van der Waals surface area contributed by atoms with Crippen molar-refractivity contribution >= 4 is 6.08 Å². The van der Waals surface area contributed by atoms with Gasteiger partial charge in [0.25, 0.3) is 0 Å². The normalized spacial score (nSPS) is 20.3. The van der Waals surface area contributed by atoms with Gasteiger partial charge in [-0.05, 0) is 49.7 Å². The highest BCUT2D eigenvalue weighted by atomic mass is 19.2. The van der Waals surface area contributed by atoms with E-state index in [1.54, 1.807) is 18.2 Å². The molecule has 0 saturated heterocycles. The Morgan fingerprint density at radius 2 is 1.64 bits per heavy atom. The number of halogens is 2. The number of ether oxygens (including phenoxy) is 1. The fraction of sp³-hybridized carbons (Fsp3) is 0.579. The van der Waals surface area contributed by atoms with E-state index in [0.717, 1.165) is 25.7 Å². The number of benzene rings is 1. The molecule has 0 radical (unpaired) electrons. The van der Waals surface area contributed by atoms with Gasteiger partial charge in [0, 0.05) is 5.56 Å². The average molecular weight is 306 g/mol. The molecule has 0 N–H and O–H groups in total. The highest BCUT2D eigenvalue weighted by Gasteiger charge is 2.18. The molecular weight excluding hydrogens is 282 g/mol. The zero-order valence-electron chi connectivity index (χ0n) is 13.0. The third-order valence-corrected chi connectivity index (χ3v) is 4.97. The van der Waals surface area contributed by atoms with Crippen LogP contribution in [0.3, 0.4) is 0 Å². The predicted octanol–water partition coefficient (Wildman–Crippen LogP) is 5.74. The first kappa shape index (κ1) is 15.5. The summed E-state index contributed by atoms with van der Waals surface area (Å²) in [6, 6.07) is 3.18. The second kappa shape index (κ2) is 7.26. The molecule has 0 unspecified atom stereocenters. The standard InChI is InChI=1S/C19H24F2O/c20-18-16(10-9-14-5-1-2-6-14)11-12-17(19(18)21)22-13-15-7-3-4-8-15/h9-12,14-15H,1-8,13H2/b10-9+. The molecule has 0 aromatic heterocycles. The summed E-state index contributed by atoms with van der Waals surface area (Å²) in [6.45, 7) is 0.494. The lowest BCUT2D eigenvalue weighted by atomic mass is 10.1. The summed E-state index contributed by atoms with van der Waals surface area (Å²) in [6.07, 6.45) is 13.2. The van der Waals surface area contributed by atoms with Gasteiger partial charge in [0.1, 0.15) is 0 Å². The SMILES string of the molecule is Fc1c(/C=C/C2CCCC2)ccc(OCC2CCCC2)c1F. The van der Waals surface area contributed by atoms with Crippen molar-refractivity contribution in [3.63, 3.8) is 0 Å². The largest absolute Gasteiger partial charge is 0.490 e. The van der Waals surface area contributed by atoms with E-state index < -0.39 is 11.6 Å². The molecule has 2 aliphatic rings. The quantitative estimate of drug-likeness (QED) is 0.674. The highest BCUT2D eigenvalue weighted by molar-refractivity contribution is 5.52. The molecule has 1 aromatic rings. The molecule has 22 heavy (non-hydrogen) atoms. The first-order valence-corrected chi connectivity index (χ1v) is 8.53. The van der Waals surface area contributed by atoms with Crippen LogP contribution in [0.2, 0.25) is 0 Å². The Kier molecular flexibility index (Phi) is 5.12. The molecule has 0 amide bonds. The van der Waals surface area contributed by atoms with E-state index >= 15 is 0 Å². The highest BCUT2D eigenvalue weighted by Crippen LogP contribution is 2.30. The van der Waals surface area contributed by atoms with Crippen molar-refractivity contribution in [1.29, 1.82) is 0 Å². The maximum atomic E-state index is 14.1. The number of hydrogen-bond acceptors (Lipinski definition) is 1. The Labute approximate surface area is 131 Å². The van der Waals surface area contributed by atoms with Crippen LogP contribution in [0.15, 0.2) is 18.2 Å². The number of hydrogen-bond donors (Lipinski definition) is 0. The first-order chi connectivity index (χ1) is 10.7. The van der Waals surface area contributed by atoms with Crippen LogP contribution in [-0.4, -0.2) is 6.61 Å². The molecule has 0 atom stereocenters. The van der Waals surface area contributed by atoms with Crippen molar-refractivity contribution in [2.45, 2.75) is 51.4 Å². The van der Waals surface area contributed by atoms with Crippen molar-refractivity contribution in [3.05, 3.63) is 35.4 Å². The second-order valence-electron chi connectivity index (χ2n) is 6.65. The van der Waals surface area contributed by atoms with E-state index in [1.165, 1.54) is 25.7 Å². The Hall–Kier alpha value is -1.38. The molecule has 3 rings (SSSR count). The Bertz CT molecular complexity index is 526. The van der Waals surface area contributed by atoms with Crippen LogP contribution >= 0.6 is 0 Å². The zero-order chi connectivity index (χ0) is 15.4. The van der Waals surface area contributed by atoms with Gasteiger partial charge < -0.3 is 4.74 Å². The summed E-state index contributed by atoms with van der Waals surface area (Å²) in [5, 5.41) is 0. The Morgan fingerprint density at radius 1 is 0.955 bits per heavy atom. The number of allylic oxidation sites excluding steroid dienone is 1. The van der Waals surface area contributed by atoms with Crippen molar-refractivity contribution in [1.82, 2.24) is 0 Å². The fourth-order valence-electron chi connectivity index (χ4n) is 3.56. The molecule has 0 heterocycles. The van der Waals surface area contributed by atoms with E-state index in [1.807, 2.05) is 6.08 Å². The molecule has 2 saturated carbocycles. The van der Waals surface area contributed by atoms with Gasteiger partial charge in [0.2, 0.25) is 5.82 Å². The maximum Gasteiger partial charge on any atom is 0.201 e. The van der Waals surface area contributed by atoms with Crippen molar-refractivity contribution in [2.24, 2.45) is 11.8 Å². The lowest BCUT2D eigenvalue weighted by molar-refractivity contribution is 0.239. The summed E-state index contributed by atoms with van der Waals surface area (Å²) in [4.78, 5) is 0. The average Bonchev–Trinajstić information content (AvgIpc) is 3.20. The molecule has 1 aromatic carbocycles.